The molecule has 3 heterocycles. The molecular weight excluding hydrogens is 724 g/mol. The summed E-state index contributed by atoms with van der Waals surface area (Å²) in [5.41, 5.74) is 1.02. The van der Waals surface area contributed by atoms with Crippen molar-refractivity contribution >= 4 is 12.0 Å². The van der Waals surface area contributed by atoms with E-state index in [4.69, 9.17) is 33.2 Å². The highest BCUT2D eigenvalue weighted by Crippen LogP contribution is 2.33. The van der Waals surface area contributed by atoms with Crippen molar-refractivity contribution in [1.29, 1.82) is 0 Å². The van der Waals surface area contributed by atoms with Crippen molar-refractivity contribution in [3.8, 4) is 17.2 Å². The maximum atomic E-state index is 13.3. The zero-order valence-electron chi connectivity index (χ0n) is 28.9. The molecule has 19 heteroatoms. The number of hydrogen-bond acceptors (Lipinski definition) is 19. The second-order valence-corrected chi connectivity index (χ2v) is 13.1. The Kier molecular flexibility index (Phi) is 14.2. The number of phenolic OH excluding ortho intramolecular Hbond substituents is 3. The molecule has 300 valence electrons. The third-order valence-electron chi connectivity index (χ3n) is 9.26. The van der Waals surface area contributed by atoms with Gasteiger partial charge in [0.25, 0.3) is 0 Å². The van der Waals surface area contributed by atoms with Gasteiger partial charge in [-0.05, 0) is 54.8 Å². The van der Waals surface area contributed by atoms with Crippen molar-refractivity contribution in [2.75, 3.05) is 19.8 Å². The minimum absolute atomic E-state index is 0.0451. The van der Waals surface area contributed by atoms with Crippen LogP contribution in [0.1, 0.15) is 18.1 Å². The number of carbonyl (C=O) groups is 1. The SMILES string of the molecule is C[C@@H]1O[C@@H](O[C@@H]2[C@@H](O)[C@H](OCCc3ccc(O)cc3)O[C@H](COC3O[C@H](CO)[C@@H](O)[C@H](O)[C@H]3O)[C@H]2OC(=O)/C=C/c2ccc(O)c(O)c2)[C@H](O)[C@H](O)[C@H]1O. The van der Waals surface area contributed by atoms with Gasteiger partial charge in [-0.25, -0.2) is 4.79 Å². The minimum Gasteiger partial charge on any atom is -0.508 e. The van der Waals surface area contributed by atoms with Crippen LogP contribution in [-0.4, -0.2) is 174 Å². The Morgan fingerprint density at radius 3 is 2.04 bits per heavy atom. The minimum atomic E-state index is -1.86. The van der Waals surface area contributed by atoms with Crippen LogP contribution in [0.2, 0.25) is 0 Å². The Hall–Kier alpha value is -3.51. The van der Waals surface area contributed by atoms with Crippen LogP contribution < -0.4 is 0 Å². The van der Waals surface area contributed by atoms with Crippen molar-refractivity contribution in [1.82, 2.24) is 0 Å². The predicted octanol–water partition coefficient (Wildman–Crippen LogP) is -2.90. The molecule has 0 radical (unpaired) electrons. The lowest BCUT2D eigenvalue weighted by Gasteiger charge is -2.47. The number of aliphatic hydroxyl groups excluding tert-OH is 8. The Labute approximate surface area is 308 Å². The van der Waals surface area contributed by atoms with E-state index in [1.54, 1.807) is 12.1 Å². The number of benzene rings is 2. The highest BCUT2D eigenvalue weighted by molar-refractivity contribution is 5.87. The van der Waals surface area contributed by atoms with E-state index >= 15 is 0 Å². The summed E-state index contributed by atoms with van der Waals surface area (Å²) < 4.78 is 40.3. The summed E-state index contributed by atoms with van der Waals surface area (Å²) in [6.07, 6.45) is -21.9. The molecule has 3 aliphatic rings. The van der Waals surface area contributed by atoms with E-state index in [1.165, 1.54) is 43.3 Å². The van der Waals surface area contributed by atoms with Crippen molar-refractivity contribution in [3.63, 3.8) is 0 Å². The normalized spacial score (nSPS) is 37.3. The smallest absolute Gasteiger partial charge is 0.331 e. The van der Waals surface area contributed by atoms with Gasteiger partial charge in [-0.1, -0.05) is 18.2 Å². The van der Waals surface area contributed by atoms with Crippen LogP contribution in [0.15, 0.2) is 48.5 Å². The summed E-state index contributed by atoms with van der Waals surface area (Å²) in [6, 6.07) is 9.97. The Morgan fingerprint density at radius 2 is 1.35 bits per heavy atom. The van der Waals surface area contributed by atoms with Crippen LogP contribution >= 0.6 is 0 Å². The number of rotatable bonds is 13. The first-order valence-corrected chi connectivity index (χ1v) is 17.1. The molecule has 2 aromatic rings. The summed E-state index contributed by atoms with van der Waals surface area (Å²) in [5.74, 6) is -1.87. The zero-order valence-corrected chi connectivity index (χ0v) is 28.9. The molecular formula is C35H46O19. The van der Waals surface area contributed by atoms with Crippen molar-refractivity contribution in [2.24, 2.45) is 0 Å². The van der Waals surface area contributed by atoms with Gasteiger partial charge in [0.05, 0.1) is 25.9 Å². The number of aliphatic hydroxyl groups is 8. The standard InChI is InChI=1S/C35H46O19/c1-15-24(41)26(43)29(46)35(50-15)54-32-30(47)34(48-11-10-16-2-6-18(37)7-3-16)52-22(14-49-33-28(45)27(44)25(42)21(13-36)51-33)31(32)53-23(40)9-5-17-4-8-19(38)20(39)12-17/h2-9,12,15,21-22,24-39,41-47H,10-11,13-14H2,1H3/b9-5+/t15-,21+,22+,24-,25+,26+,27-,28+,29+,30+,31+,32+,33?,34+,35-/m0/s1. The van der Waals surface area contributed by atoms with Gasteiger partial charge in [-0.3, -0.25) is 0 Å². The van der Waals surface area contributed by atoms with E-state index in [0.29, 0.717) is 0 Å². The molecule has 5 rings (SSSR count). The summed E-state index contributed by atoms with van der Waals surface area (Å²) in [6.45, 7) is -0.0761. The summed E-state index contributed by atoms with van der Waals surface area (Å²) in [7, 11) is 0. The van der Waals surface area contributed by atoms with Crippen molar-refractivity contribution in [3.05, 3.63) is 59.7 Å². The lowest BCUT2D eigenvalue weighted by molar-refractivity contribution is -0.364. The van der Waals surface area contributed by atoms with E-state index in [2.05, 4.69) is 0 Å². The molecule has 11 N–H and O–H groups in total. The number of phenols is 3. The molecule has 3 aliphatic heterocycles. The van der Waals surface area contributed by atoms with Crippen LogP contribution in [0.3, 0.4) is 0 Å². The van der Waals surface area contributed by atoms with Crippen LogP contribution in [0.25, 0.3) is 6.08 Å². The fraction of sp³-hybridized carbons (Fsp3) is 0.571. The number of carbonyl (C=O) groups excluding carboxylic acids is 1. The van der Waals surface area contributed by atoms with E-state index in [-0.39, 0.29) is 24.3 Å². The van der Waals surface area contributed by atoms with Gasteiger partial charge in [-0.15, -0.1) is 0 Å². The Morgan fingerprint density at radius 1 is 0.704 bits per heavy atom. The molecule has 1 unspecified atom stereocenters. The summed E-state index contributed by atoms with van der Waals surface area (Å²) in [5, 5.41) is 113. The van der Waals surface area contributed by atoms with Crippen LogP contribution in [0, 0.1) is 0 Å². The van der Waals surface area contributed by atoms with E-state index in [9.17, 15) is 61.0 Å². The molecule has 54 heavy (non-hydrogen) atoms. The van der Waals surface area contributed by atoms with E-state index in [1.807, 2.05) is 0 Å². The van der Waals surface area contributed by atoms with Gasteiger partial charge in [0.2, 0.25) is 0 Å². The average molecular weight is 771 g/mol. The van der Waals surface area contributed by atoms with E-state index < -0.39 is 123 Å². The highest BCUT2D eigenvalue weighted by Gasteiger charge is 2.53. The molecule has 0 aromatic heterocycles. The summed E-state index contributed by atoms with van der Waals surface area (Å²) >= 11 is 0. The maximum Gasteiger partial charge on any atom is 0.331 e. The van der Waals surface area contributed by atoms with E-state index in [0.717, 1.165) is 11.6 Å². The lowest BCUT2D eigenvalue weighted by Crippen LogP contribution is -2.65. The fourth-order valence-corrected chi connectivity index (χ4v) is 6.08. The molecule has 0 spiro atoms. The van der Waals surface area contributed by atoms with Crippen molar-refractivity contribution < 1.29 is 94.1 Å². The van der Waals surface area contributed by atoms with Crippen LogP contribution in [0.4, 0.5) is 0 Å². The van der Waals surface area contributed by atoms with Gasteiger partial charge in [0.1, 0.15) is 66.8 Å². The molecule has 0 amide bonds. The topological polar surface area (TPSA) is 304 Å². The predicted molar refractivity (Wildman–Crippen MR) is 178 cm³/mol. The summed E-state index contributed by atoms with van der Waals surface area (Å²) in [4.78, 5) is 13.3. The first-order chi connectivity index (χ1) is 25.7. The number of esters is 1. The fourth-order valence-electron chi connectivity index (χ4n) is 6.08. The highest BCUT2D eigenvalue weighted by atomic mass is 16.8. The number of ether oxygens (including phenoxy) is 7. The monoisotopic (exact) mass is 770 g/mol. The molecule has 15 atom stereocenters. The molecule has 0 bridgehead atoms. The second-order valence-electron chi connectivity index (χ2n) is 13.1. The van der Waals surface area contributed by atoms with Crippen LogP contribution in [0.5, 0.6) is 17.2 Å². The second kappa shape index (κ2) is 18.4. The first kappa shape index (κ1) is 41.6. The first-order valence-electron chi connectivity index (χ1n) is 17.1. The third kappa shape index (κ3) is 9.83. The molecule has 3 saturated heterocycles. The van der Waals surface area contributed by atoms with Gasteiger partial charge < -0.3 is 89.3 Å². The quantitative estimate of drug-likeness (QED) is 0.0553. The molecule has 3 fully saturated rings. The molecule has 19 nitrogen and oxygen atoms in total. The van der Waals surface area contributed by atoms with Gasteiger partial charge in [0, 0.05) is 6.08 Å². The third-order valence-corrected chi connectivity index (χ3v) is 9.26. The molecule has 0 saturated carbocycles. The maximum absolute atomic E-state index is 13.3. The van der Waals surface area contributed by atoms with Gasteiger partial charge >= 0.3 is 5.97 Å². The largest absolute Gasteiger partial charge is 0.508 e. The zero-order chi connectivity index (χ0) is 39.3. The van der Waals surface area contributed by atoms with Gasteiger partial charge in [0.15, 0.2) is 36.5 Å². The van der Waals surface area contributed by atoms with Crippen molar-refractivity contribution in [2.45, 2.75) is 105 Å². The number of hydrogen-bond donors (Lipinski definition) is 11. The molecule has 2 aromatic carbocycles. The Bertz CT molecular complexity index is 1540. The van der Waals surface area contributed by atoms with Crippen LogP contribution in [-0.2, 0) is 44.4 Å². The average Bonchev–Trinajstić information content (AvgIpc) is 3.15. The lowest BCUT2D eigenvalue weighted by atomic mass is 9.96. The van der Waals surface area contributed by atoms with Gasteiger partial charge in [-0.2, -0.15) is 0 Å². The Balaban J connectivity index is 1.43. The molecule has 0 aliphatic carbocycles. The number of aromatic hydroxyl groups is 3.